The largest absolute Gasteiger partial charge is 0.416 e. The lowest BCUT2D eigenvalue weighted by atomic mass is 9.88. The number of carbonyl (C=O) groups is 2. The Morgan fingerprint density at radius 2 is 1.70 bits per heavy atom. The third kappa shape index (κ3) is 4.79. The SMILES string of the molecule is O=C1CO[C@@H]2CCN(C(=O)N3CCC(Cc4ccc(C(F)(F)F)cc4)CC3)C[C@H]2C1. The molecule has 164 valence electrons. The molecule has 30 heavy (non-hydrogen) atoms. The van der Waals surface area contributed by atoms with E-state index in [-0.39, 0.29) is 30.4 Å². The number of carbonyl (C=O) groups excluding carboxylic acids is 2. The van der Waals surface area contributed by atoms with E-state index in [1.54, 1.807) is 12.1 Å². The van der Waals surface area contributed by atoms with Gasteiger partial charge in [0.15, 0.2) is 5.78 Å². The van der Waals surface area contributed by atoms with Crippen LogP contribution in [0.1, 0.15) is 36.8 Å². The van der Waals surface area contributed by atoms with Crippen molar-refractivity contribution in [1.29, 1.82) is 0 Å². The zero-order valence-corrected chi connectivity index (χ0v) is 16.9. The van der Waals surface area contributed by atoms with Crippen LogP contribution in [0.5, 0.6) is 0 Å². The highest BCUT2D eigenvalue weighted by atomic mass is 19.4. The molecule has 0 unspecified atom stereocenters. The van der Waals surface area contributed by atoms with Crippen molar-refractivity contribution in [3.8, 4) is 0 Å². The Morgan fingerprint density at radius 1 is 1.03 bits per heavy atom. The van der Waals surface area contributed by atoms with Gasteiger partial charge in [0.05, 0.1) is 11.7 Å². The second-order valence-corrected chi connectivity index (χ2v) is 8.70. The highest BCUT2D eigenvalue weighted by Crippen LogP contribution is 2.31. The van der Waals surface area contributed by atoms with Crippen LogP contribution in [0.4, 0.5) is 18.0 Å². The highest BCUT2D eigenvalue weighted by Gasteiger charge is 2.38. The van der Waals surface area contributed by atoms with Crippen LogP contribution >= 0.6 is 0 Å². The highest BCUT2D eigenvalue weighted by molar-refractivity contribution is 5.81. The zero-order valence-electron chi connectivity index (χ0n) is 16.9. The lowest BCUT2D eigenvalue weighted by molar-refractivity contribution is -0.140. The van der Waals surface area contributed by atoms with E-state index >= 15 is 0 Å². The summed E-state index contributed by atoms with van der Waals surface area (Å²) in [6.07, 6.45) is -0.551. The molecule has 5 nitrogen and oxygen atoms in total. The zero-order chi connectivity index (χ0) is 21.3. The van der Waals surface area contributed by atoms with Crippen LogP contribution in [0.25, 0.3) is 0 Å². The van der Waals surface area contributed by atoms with Crippen molar-refractivity contribution in [2.24, 2.45) is 11.8 Å². The minimum absolute atomic E-state index is 0.0273. The molecule has 8 heteroatoms. The third-order valence-corrected chi connectivity index (χ3v) is 6.57. The van der Waals surface area contributed by atoms with E-state index in [1.807, 2.05) is 9.80 Å². The van der Waals surface area contributed by atoms with Gasteiger partial charge >= 0.3 is 12.2 Å². The van der Waals surface area contributed by atoms with Gasteiger partial charge in [-0.15, -0.1) is 0 Å². The number of ether oxygens (including phenoxy) is 1. The first-order valence-corrected chi connectivity index (χ1v) is 10.6. The van der Waals surface area contributed by atoms with Crippen molar-refractivity contribution >= 4 is 11.8 Å². The Labute approximate surface area is 174 Å². The Bertz CT molecular complexity index is 773. The van der Waals surface area contributed by atoms with Crippen LogP contribution in [0.15, 0.2) is 24.3 Å². The fourth-order valence-corrected chi connectivity index (χ4v) is 4.84. The molecular weight excluding hydrogens is 397 g/mol. The van der Waals surface area contributed by atoms with Crippen molar-refractivity contribution < 1.29 is 27.5 Å². The van der Waals surface area contributed by atoms with Crippen molar-refractivity contribution in [2.45, 2.75) is 44.4 Å². The monoisotopic (exact) mass is 424 g/mol. The maximum absolute atomic E-state index is 12.9. The number of urea groups is 1. The van der Waals surface area contributed by atoms with Crippen LogP contribution in [0.3, 0.4) is 0 Å². The van der Waals surface area contributed by atoms with E-state index in [2.05, 4.69) is 0 Å². The van der Waals surface area contributed by atoms with Gasteiger partial charge in [-0.3, -0.25) is 4.79 Å². The molecule has 0 radical (unpaired) electrons. The van der Waals surface area contributed by atoms with Crippen molar-refractivity contribution in [1.82, 2.24) is 9.80 Å². The second-order valence-electron chi connectivity index (χ2n) is 8.70. The Kier molecular flexibility index (Phi) is 6.04. The molecule has 3 saturated heterocycles. The predicted molar refractivity (Wildman–Crippen MR) is 104 cm³/mol. The third-order valence-electron chi connectivity index (χ3n) is 6.57. The van der Waals surface area contributed by atoms with Crippen LogP contribution in [-0.4, -0.2) is 60.5 Å². The van der Waals surface area contributed by atoms with Crippen molar-refractivity contribution in [3.63, 3.8) is 0 Å². The number of likely N-dealkylation sites (tertiary alicyclic amines) is 2. The average Bonchev–Trinajstić information content (AvgIpc) is 2.73. The standard InChI is InChI=1S/C22H27F3N2O3/c23-22(24,25)18-3-1-15(2-4-18)11-16-5-8-26(9-6-16)21(29)27-10-7-20-17(13-27)12-19(28)14-30-20/h1-4,16-17,20H,5-14H2/t17-,20-/m1/s1. The molecule has 2 amide bonds. The van der Waals surface area contributed by atoms with E-state index in [9.17, 15) is 22.8 Å². The Morgan fingerprint density at radius 3 is 2.37 bits per heavy atom. The van der Waals surface area contributed by atoms with Gasteiger partial charge in [0.2, 0.25) is 0 Å². The molecule has 3 heterocycles. The molecular formula is C22H27F3N2O3. The molecule has 0 bridgehead atoms. The number of nitrogens with zero attached hydrogens (tertiary/aromatic N) is 2. The number of alkyl halides is 3. The summed E-state index contributed by atoms with van der Waals surface area (Å²) in [5, 5.41) is 0. The summed E-state index contributed by atoms with van der Waals surface area (Å²) in [7, 11) is 0. The maximum atomic E-state index is 12.9. The summed E-state index contributed by atoms with van der Waals surface area (Å²) < 4.78 is 43.7. The smallest absolute Gasteiger partial charge is 0.370 e. The number of benzene rings is 1. The Hall–Kier alpha value is -2.09. The summed E-state index contributed by atoms with van der Waals surface area (Å²) in [4.78, 5) is 28.3. The van der Waals surface area contributed by atoms with E-state index in [0.29, 0.717) is 38.5 Å². The van der Waals surface area contributed by atoms with Gasteiger partial charge in [-0.25, -0.2) is 4.79 Å². The molecule has 3 aliphatic rings. The number of ketones is 1. The number of fused-ring (bicyclic) bond motifs is 1. The molecule has 0 N–H and O–H groups in total. The molecule has 0 aromatic heterocycles. The van der Waals surface area contributed by atoms with Gasteiger partial charge in [0.25, 0.3) is 0 Å². The summed E-state index contributed by atoms with van der Waals surface area (Å²) in [6.45, 7) is 2.73. The molecule has 0 saturated carbocycles. The van der Waals surface area contributed by atoms with Crippen molar-refractivity contribution in [2.75, 3.05) is 32.8 Å². The topological polar surface area (TPSA) is 49.9 Å². The molecule has 1 aromatic carbocycles. The number of hydrogen-bond acceptors (Lipinski definition) is 3. The molecule has 0 aliphatic carbocycles. The van der Waals surface area contributed by atoms with Crippen LogP contribution in [-0.2, 0) is 22.1 Å². The second kappa shape index (κ2) is 8.57. The number of halogens is 3. The van der Waals surface area contributed by atoms with E-state index in [1.165, 1.54) is 0 Å². The first-order chi connectivity index (χ1) is 14.3. The molecule has 3 fully saturated rings. The molecule has 4 rings (SSSR count). The van der Waals surface area contributed by atoms with E-state index < -0.39 is 11.7 Å². The number of hydrogen-bond donors (Lipinski definition) is 0. The molecule has 1 aromatic rings. The lowest BCUT2D eigenvalue weighted by Crippen LogP contribution is -2.54. The maximum Gasteiger partial charge on any atom is 0.416 e. The van der Waals surface area contributed by atoms with Gasteiger partial charge in [0, 0.05) is 38.5 Å². The number of amides is 2. The van der Waals surface area contributed by atoms with Gasteiger partial charge in [-0.05, 0) is 49.3 Å². The minimum Gasteiger partial charge on any atom is -0.370 e. The quantitative estimate of drug-likeness (QED) is 0.727. The number of Topliss-reactive ketones (excluding diaryl/α,β-unsaturated/α-hetero) is 1. The fraction of sp³-hybridized carbons (Fsp3) is 0.636. The molecule has 0 spiro atoms. The van der Waals surface area contributed by atoms with Crippen LogP contribution < -0.4 is 0 Å². The van der Waals surface area contributed by atoms with Crippen molar-refractivity contribution in [3.05, 3.63) is 35.4 Å². The lowest BCUT2D eigenvalue weighted by Gasteiger charge is -2.43. The number of piperidine rings is 2. The van der Waals surface area contributed by atoms with E-state index in [4.69, 9.17) is 4.74 Å². The summed E-state index contributed by atoms with van der Waals surface area (Å²) in [6, 6.07) is 5.41. The van der Waals surface area contributed by atoms with Gasteiger partial charge < -0.3 is 14.5 Å². The summed E-state index contributed by atoms with van der Waals surface area (Å²) in [5.41, 5.74) is 0.275. The summed E-state index contributed by atoms with van der Waals surface area (Å²) >= 11 is 0. The normalized spacial score (nSPS) is 25.9. The number of rotatable bonds is 2. The van der Waals surface area contributed by atoms with Crippen LogP contribution in [0, 0.1) is 11.8 Å². The summed E-state index contributed by atoms with van der Waals surface area (Å²) in [5.74, 6) is 0.566. The average molecular weight is 424 g/mol. The Balaban J connectivity index is 1.26. The van der Waals surface area contributed by atoms with Gasteiger partial charge in [-0.1, -0.05) is 12.1 Å². The first kappa shape index (κ1) is 21.2. The van der Waals surface area contributed by atoms with Gasteiger partial charge in [0.1, 0.15) is 6.61 Å². The van der Waals surface area contributed by atoms with E-state index in [0.717, 1.165) is 43.4 Å². The van der Waals surface area contributed by atoms with Gasteiger partial charge in [-0.2, -0.15) is 13.2 Å². The minimum atomic E-state index is -4.31. The van der Waals surface area contributed by atoms with Crippen LogP contribution in [0.2, 0.25) is 0 Å². The molecule has 3 aliphatic heterocycles. The predicted octanol–water partition coefficient (Wildman–Crippen LogP) is 3.76. The molecule has 2 atom stereocenters. The fourth-order valence-electron chi connectivity index (χ4n) is 4.84. The first-order valence-electron chi connectivity index (χ1n) is 10.6.